The van der Waals surface area contributed by atoms with Gasteiger partial charge in [-0.2, -0.15) is 0 Å². The summed E-state index contributed by atoms with van der Waals surface area (Å²) < 4.78 is 0. The second-order valence-corrected chi connectivity index (χ2v) is 9.99. The zero-order valence-electron chi connectivity index (χ0n) is 15.7. The van der Waals surface area contributed by atoms with Crippen molar-refractivity contribution in [2.24, 2.45) is 0 Å². The molecule has 0 aliphatic rings. The van der Waals surface area contributed by atoms with Crippen molar-refractivity contribution in [3.05, 3.63) is 73.1 Å². The van der Waals surface area contributed by atoms with Gasteiger partial charge in [0.15, 0.2) is 0 Å². The predicted octanol–water partition coefficient (Wildman–Crippen LogP) is 2.56. The highest BCUT2D eigenvalue weighted by Crippen LogP contribution is 2.16. The molecule has 0 radical (unpaired) electrons. The fourth-order valence-electron chi connectivity index (χ4n) is 3.75. The standard InChI is InChI=1S/C22H24N4Si/c1-3-14-26-27(23-2,21-19-10-6-4-8-17(19)12-15-24-21)22-20-11-7-5-9-18(20)13-16-25-22/h4-13,15-16,23,26H,3,14H2,1-2H3. The van der Waals surface area contributed by atoms with Gasteiger partial charge in [-0.15, -0.1) is 0 Å². The Morgan fingerprint density at radius 1 is 0.778 bits per heavy atom. The Labute approximate surface area is 160 Å². The van der Waals surface area contributed by atoms with Gasteiger partial charge in [-0.05, 0) is 42.9 Å². The monoisotopic (exact) mass is 372 g/mol. The Hall–Kier alpha value is -2.60. The summed E-state index contributed by atoms with van der Waals surface area (Å²) in [5.74, 6) is 0. The highest BCUT2D eigenvalue weighted by atomic mass is 28.3. The Morgan fingerprint density at radius 2 is 1.30 bits per heavy atom. The van der Waals surface area contributed by atoms with Crippen molar-refractivity contribution >= 4 is 40.6 Å². The van der Waals surface area contributed by atoms with E-state index in [4.69, 9.17) is 9.97 Å². The molecule has 4 rings (SSSR count). The molecule has 0 fully saturated rings. The maximum absolute atomic E-state index is 4.88. The maximum atomic E-state index is 4.88. The van der Waals surface area contributed by atoms with Crippen LogP contribution in [0.3, 0.4) is 0 Å². The second-order valence-electron chi connectivity index (χ2n) is 6.69. The van der Waals surface area contributed by atoms with Crippen molar-refractivity contribution in [3.8, 4) is 0 Å². The number of hydrogen-bond acceptors (Lipinski definition) is 4. The quantitative estimate of drug-likeness (QED) is 0.511. The van der Waals surface area contributed by atoms with E-state index in [1.807, 2.05) is 19.4 Å². The van der Waals surface area contributed by atoms with Gasteiger partial charge in [0.1, 0.15) is 0 Å². The molecular formula is C22H24N4Si. The third kappa shape index (κ3) is 3.04. The zero-order valence-corrected chi connectivity index (χ0v) is 16.7. The smallest absolute Gasteiger partial charge is 0.306 e. The van der Waals surface area contributed by atoms with Crippen LogP contribution in [-0.2, 0) is 0 Å². The maximum Gasteiger partial charge on any atom is 0.306 e. The van der Waals surface area contributed by atoms with Crippen LogP contribution in [0.5, 0.6) is 0 Å². The number of hydrogen-bond donors (Lipinski definition) is 2. The van der Waals surface area contributed by atoms with Gasteiger partial charge < -0.3 is 9.96 Å². The molecule has 4 nitrogen and oxygen atoms in total. The molecule has 2 aromatic heterocycles. The summed E-state index contributed by atoms with van der Waals surface area (Å²) in [5, 5.41) is 6.93. The topological polar surface area (TPSA) is 49.8 Å². The molecule has 0 aliphatic heterocycles. The van der Waals surface area contributed by atoms with Gasteiger partial charge in [-0.1, -0.05) is 55.5 Å². The molecule has 4 aromatic rings. The third-order valence-electron chi connectivity index (χ3n) is 5.07. The molecule has 2 aromatic carbocycles. The van der Waals surface area contributed by atoms with E-state index in [1.165, 1.54) is 21.5 Å². The Kier molecular flexibility index (Phi) is 4.98. The molecule has 0 saturated heterocycles. The van der Waals surface area contributed by atoms with E-state index in [9.17, 15) is 0 Å². The van der Waals surface area contributed by atoms with E-state index in [-0.39, 0.29) is 0 Å². The van der Waals surface area contributed by atoms with Crippen LogP contribution in [-0.4, -0.2) is 32.0 Å². The summed E-state index contributed by atoms with van der Waals surface area (Å²) in [6.45, 7) is 3.09. The Balaban J connectivity index is 2.06. The first kappa shape index (κ1) is 17.8. The van der Waals surface area contributed by atoms with Crippen molar-refractivity contribution in [1.29, 1.82) is 0 Å². The summed E-state index contributed by atoms with van der Waals surface area (Å²) in [5.41, 5.74) is 0. The summed E-state index contributed by atoms with van der Waals surface area (Å²) >= 11 is 0. The average molecular weight is 373 g/mol. The minimum absolute atomic E-state index is 0.906. The molecule has 2 N–H and O–H groups in total. The van der Waals surface area contributed by atoms with Gasteiger partial charge in [-0.25, -0.2) is 0 Å². The molecule has 27 heavy (non-hydrogen) atoms. The first-order chi connectivity index (χ1) is 13.3. The van der Waals surface area contributed by atoms with Crippen LogP contribution >= 0.6 is 0 Å². The summed E-state index contributed by atoms with van der Waals surface area (Å²) in [6.07, 6.45) is 4.87. The molecule has 0 amide bonds. The molecule has 136 valence electrons. The van der Waals surface area contributed by atoms with E-state index in [1.54, 1.807) is 0 Å². The first-order valence-corrected chi connectivity index (χ1v) is 11.4. The van der Waals surface area contributed by atoms with Crippen molar-refractivity contribution in [2.45, 2.75) is 13.3 Å². The SMILES string of the molecule is CCCN[Si](NC)(c1nccc2ccccc12)c1nccc2ccccc12. The van der Waals surface area contributed by atoms with Crippen molar-refractivity contribution in [1.82, 2.24) is 19.9 Å². The van der Waals surface area contributed by atoms with Crippen LogP contribution in [0.25, 0.3) is 21.5 Å². The average Bonchev–Trinajstić information content (AvgIpc) is 2.74. The summed E-state index contributed by atoms with van der Waals surface area (Å²) in [6, 6.07) is 21.1. The molecule has 0 unspecified atom stereocenters. The molecule has 5 heteroatoms. The van der Waals surface area contributed by atoms with Crippen molar-refractivity contribution in [3.63, 3.8) is 0 Å². The van der Waals surface area contributed by atoms with Crippen LogP contribution < -0.4 is 20.6 Å². The van der Waals surface area contributed by atoms with E-state index >= 15 is 0 Å². The lowest BCUT2D eigenvalue weighted by atomic mass is 10.2. The van der Waals surface area contributed by atoms with Gasteiger partial charge in [0.2, 0.25) is 0 Å². The predicted molar refractivity (Wildman–Crippen MR) is 116 cm³/mol. The second kappa shape index (κ2) is 7.56. The van der Waals surface area contributed by atoms with Gasteiger partial charge >= 0.3 is 8.40 Å². The number of nitrogens with zero attached hydrogens (tertiary/aromatic N) is 2. The van der Waals surface area contributed by atoms with Gasteiger partial charge in [0.25, 0.3) is 0 Å². The fourth-order valence-corrected chi connectivity index (χ4v) is 7.39. The number of nitrogens with one attached hydrogen (secondary N) is 2. The Bertz CT molecular complexity index is 990. The minimum atomic E-state index is -2.59. The largest absolute Gasteiger partial charge is 0.319 e. The van der Waals surface area contributed by atoms with Crippen LogP contribution in [0, 0.1) is 0 Å². The van der Waals surface area contributed by atoms with Gasteiger partial charge in [0, 0.05) is 23.2 Å². The van der Waals surface area contributed by atoms with Crippen LogP contribution in [0.15, 0.2) is 73.1 Å². The van der Waals surface area contributed by atoms with Crippen LogP contribution in [0.4, 0.5) is 0 Å². The minimum Gasteiger partial charge on any atom is -0.319 e. The van der Waals surface area contributed by atoms with Crippen LogP contribution in [0.2, 0.25) is 0 Å². The molecule has 0 spiro atoms. The van der Waals surface area contributed by atoms with Crippen molar-refractivity contribution < 1.29 is 0 Å². The zero-order chi connectivity index (χ0) is 18.7. The summed E-state index contributed by atoms with van der Waals surface area (Å²) in [7, 11) is -0.564. The molecule has 0 saturated carbocycles. The van der Waals surface area contributed by atoms with E-state index < -0.39 is 8.40 Å². The van der Waals surface area contributed by atoms with E-state index in [2.05, 4.69) is 77.6 Å². The third-order valence-corrected chi connectivity index (χ3v) is 8.82. The number of rotatable bonds is 6. The summed E-state index contributed by atoms with van der Waals surface area (Å²) in [4.78, 5) is 17.3. The number of pyridine rings is 2. The van der Waals surface area contributed by atoms with Gasteiger partial charge in [-0.3, -0.25) is 9.97 Å². The lowest BCUT2D eigenvalue weighted by molar-refractivity contribution is 0.827. The Morgan fingerprint density at radius 3 is 1.78 bits per heavy atom. The normalized spacial score (nSPS) is 11.9. The number of benzene rings is 2. The lowest BCUT2D eigenvalue weighted by Crippen LogP contribution is -2.78. The number of fused-ring (bicyclic) bond motifs is 2. The molecule has 0 aliphatic carbocycles. The van der Waals surface area contributed by atoms with E-state index in [0.717, 1.165) is 23.6 Å². The molecule has 0 bridgehead atoms. The van der Waals surface area contributed by atoms with E-state index in [0.29, 0.717) is 0 Å². The van der Waals surface area contributed by atoms with Crippen molar-refractivity contribution in [2.75, 3.05) is 13.6 Å². The lowest BCUT2D eigenvalue weighted by Gasteiger charge is -2.32. The molecule has 2 heterocycles. The molecule has 0 atom stereocenters. The first-order valence-electron chi connectivity index (χ1n) is 9.42. The highest BCUT2D eigenvalue weighted by molar-refractivity contribution is 7.00. The molecular weight excluding hydrogens is 348 g/mol. The highest BCUT2D eigenvalue weighted by Gasteiger charge is 2.42. The van der Waals surface area contributed by atoms with Gasteiger partial charge in [0.05, 0.1) is 10.6 Å². The van der Waals surface area contributed by atoms with Crippen LogP contribution in [0.1, 0.15) is 13.3 Å². The number of aromatic nitrogens is 2. The fraction of sp³-hybridized carbons (Fsp3) is 0.182.